The van der Waals surface area contributed by atoms with E-state index in [0.29, 0.717) is 0 Å². The topological polar surface area (TPSA) is 32.5 Å². The van der Waals surface area contributed by atoms with Crippen LogP contribution in [0, 0.1) is 0 Å². The van der Waals surface area contributed by atoms with E-state index in [0.717, 1.165) is 38.3 Å². The van der Waals surface area contributed by atoms with Crippen molar-refractivity contribution >= 4 is 21.6 Å². The Labute approximate surface area is 112 Å². The minimum Gasteiger partial charge on any atom is -0.398 e. The van der Waals surface area contributed by atoms with Crippen LogP contribution in [0.15, 0.2) is 16.6 Å². The maximum absolute atomic E-state index is 6.07. The lowest BCUT2D eigenvalue weighted by molar-refractivity contribution is 0.225. The fraction of sp³-hybridized carbons (Fsp3) is 0.538. The zero-order valence-corrected chi connectivity index (χ0v) is 12.1. The molecular weight excluding hydrogens is 278 g/mol. The highest BCUT2D eigenvalue weighted by molar-refractivity contribution is 9.10. The third kappa shape index (κ3) is 3.00. The quantitative estimate of drug-likeness (QED) is 0.866. The van der Waals surface area contributed by atoms with Crippen molar-refractivity contribution in [2.24, 2.45) is 0 Å². The summed E-state index contributed by atoms with van der Waals surface area (Å²) in [5.41, 5.74) is 9.70. The summed E-state index contributed by atoms with van der Waals surface area (Å²) in [5, 5.41) is 0. The summed E-state index contributed by atoms with van der Waals surface area (Å²) in [7, 11) is 4.23. The van der Waals surface area contributed by atoms with Crippen molar-refractivity contribution in [2.45, 2.75) is 13.0 Å². The Bertz CT molecular complexity index is 404. The number of fused-ring (bicyclic) bond motifs is 1. The summed E-state index contributed by atoms with van der Waals surface area (Å²) in [6.45, 7) is 4.32. The molecule has 0 aromatic heterocycles. The Balaban J connectivity index is 2.10. The molecule has 0 bridgehead atoms. The van der Waals surface area contributed by atoms with Gasteiger partial charge in [0.1, 0.15) is 0 Å². The summed E-state index contributed by atoms with van der Waals surface area (Å²) in [6, 6.07) is 4.06. The van der Waals surface area contributed by atoms with Crippen LogP contribution in [-0.4, -0.2) is 43.5 Å². The van der Waals surface area contributed by atoms with Gasteiger partial charge in [-0.25, -0.2) is 0 Å². The van der Waals surface area contributed by atoms with Gasteiger partial charge in [-0.1, -0.05) is 15.9 Å². The predicted octanol–water partition coefficient (Wildman–Crippen LogP) is 1.95. The molecule has 17 heavy (non-hydrogen) atoms. The van der Waals surface area contributed by atoms with E-state index in [1.807, 2.05) is 6.07 Å². The number of rotatable bonds is 3. The fourth-order valence-corrected chi connectivity index (χ4v) is 2.81. The first-order valence-electron chi connectivity index (χ1n) is 6.00. The number of hydrogen-bond donors (Lipinski definition) is 1. The molecule has 0 radical (unpaired) electrons. The van der Waals surface area contributed by atoms with E-state index < -0.39 is 0 Å². The number of nitrogens with two attached hydrogens (primary N) is 1. The number of likely N-dealkylation sites (N-methyl/N-ethyl adjacent to an activating group) is 1. The largest absolute Gasteiger partial charge is 0.398 e. The summed E-state index contributed by atoms with van der Waals surface area (Å²) < 4.78 is 1.20. The molecule has 3 nitrogen and oxygen atoms in total. The molecule has 0 aliphatic carbocycles. The lowest BCUT2D eigenvalue weighted by Gasteiger charge is -2.31. The first-order chi connectivity index (χ1) is 8.08. The van der Waals surface area contributed by atoms with Crippen LogP contribution in [0.1, 0.15) is 11.1 Å². The van der Waals surface area contributed by atoms with Crippen LogP contribution in [-0.2, 0) is 13.0 Å². The Morgan fingerprint density at radius 2 is 2.12 bits per heavy atom. The van der Waals surface area contributed by atoms with Crippen LogP contribution < -0.4 is 5.73 Å². The van der Waals surface area contributed by atoms with Crippen molar-refractivity contribution in [2.75, 3.05) is 39.5 Å². The highest BCUT2D eigenvalue weighted by Gasteiger charge is 2.19. The van der Waals surface area contributed by atoms with Crippen molar-refractivity contribution in [3.05, 3.63) is 27.7 Å². The number of nitrogens with zero attached hydrogens (tertiary/aromatic N) is 2. The van der Waals surface area contributed by atoms with Gasteiger partial charge in [-0.2, -0.15) is 0 Å². The van der Waals surface area contributed by atoms with E-state index in [2.05, 4.69) is 45.9 Å². The molecule has 1 aliphatic heterocycles. The number of benzene rings is 1. The number of hydrogen-bond acceptors (Lipinski definition) is 3. The third-order valence-electron chi connectivity index (χ3n) is 3.33. The monoisotopic (exact) mass is 297 g/mol. The van der Waals surface area contributed by atoms with Gasteiger partial charge in [0.15, 0.2) is 0 Å². The molecule has 4 heteroatoms. The predicted molar refractivity (Wildman–Crippen MR) is 76.1 cm³/mol. The standard InChI is InChI=1S/C13H20BrN3/c1-16(2)7-8-17-6-5-10-11(9-17)13(15)4-3-12(10)14/h3-4H,5-9,15H2,1-2H3. The zero-order valence-electron chi connectivity index (χ0n) is 10.5. The van der Waals surface area contributed by atoms with Crippen molar-refractivity contribution in [3.8, 4) is 0 Å². The molecule has 0 amide bonds. The molecule has 1 aromatic rings. The second kappa shape index (κ2) is 5.38. The van der Waals surface area contributed by atoms with Gasteiger partial charge >= 0.3 is 0 Å². The molecule has 2 rings (SSSR count). The molecule has 0 spiro atoms. The van der Waals surface area contributed by atoms with Crippen LogP contribution in [0.25, 0.3) is 0 Å². The average Bonchev–Trinajstić information content (AvgIpc) is 2.31. The maximum atomic E-state index is 6.07. The Morgan fingerprint density at radius 3 is 2.82 bits per heavy atom. The van der Waals surface area contributed by atoms with Crippen LogP contribution in [0.2, 0.25) is 0 Å². The minimum atomic E-state index is 0.928. The summed E-state index contributed by atoms with van der Waals surface area (Å²) in [5.74, 6) is 0. The Kier molecular flexibility index (Phi) is 4.07. The first kappa shape index (κ1) is 12.9. The molecule has 0 unspecified atom stereocenters. The van der Waals surface area contributed by atoms with Gasteiger partial charge in [0.05, 0.1) is 0 Å². The normalized spacial score (nSPS) is 16.2. The second-order valence-corrected chi connectivity index (χ2v) is 5.78. The smallest absolute Gasteiger partial charge is 0.0363 e. The molecule has 1 heterocycles. The molecular formula is C13H20BrN3. The zero-order chi connectivity index (χ0) is 12.4. The first-order valence-corrected chi connectivity index (χ1v) is 6.80. The minimum absolute atomic E-state index is 0.928. The van der Waals surface area contributed by atoms with Gasteiger partial charge in [0, 0.05) is 36.3 Å². The Morgan fingerprint density at radius 1 is 1.35 bits per heavy atom. The Hall–Kier alpha value is -0.580. The van der Waals surface area contributed by atoms with Crippen molar-refractivity contribution < 1.29 is 0 Å². The van der Waals surface area contributed by atoms with Gasteiger partial charge in [-0.15, -0.1) is 0 Å². The molecule has 94 valence electrons. The van der Waals surface area contributed by atoms with Crippen LogP contribution in [0.3, 0.4) is 0 Å². The molecule has 0 fully saturated rings. The lowest BCUT2D eigenvalue weighted by atomic mass is 9.98. The molecule has 1 aromatic carbocycles. The number of anilines is 1. The highest BCUT2D eigenvalue weighted by Crippen LogP contribution is 2.30. The average molecular weight is 298 g/mol. The van der Waals surface area contributed by atoms with E-state index >= 15 is 0 Å². The molecule has 0 saturated carbocycles. The van der Waals surface area contributed by atoms with Gasteiger partial charge in [-0.05, 0) is 43.8 Å². The molecule has 1 aliphatic rings. The second-order valence-electron chi connectivity index (χ2n) is 4.92. The third-order valence-corrected chi connectivity index (χ3v) is 4.08. The van der Waals surface area contributed by atoms with Gasteiger partial charge in [0.2, 0.25) is 0 Å². The lowest BCUT2D eigenvalue weighted by Crippen LogP contribution is -2.36. The number of nitrogen functional groups attached to an aromatic ring is 1. The summed E-state index contributed by atoms with van der Waals surface area (Å²) in [4.78, 5) is 4.70. The van der Waals surface area contributed by atoms with Gasteiger partial charge in [0.25, 0.3) is 0 Å². The van der Waals surface area contributed by atoms with Crippen LogP contribution in [0.5, 0.6) is 0 Å². The van der Waals surface area contributed by atoms with E-state index in [1.54, 1.807) is 0 Å². The van der Waals surface area contributed by atoms with Crippen LogP contribution in [0.4, 0.5) is 5.69 Å². The fourth-order valence-electron chi connectivity index (χ4n) is 2.24. The van der Waals surface area contributed by atoms with E-state index in [-0.39, 0.29) is 0 Å². The van der Waals surface area contributed by atoms with Crippen LogP contribution >= 0.6 is 15.9 Å². The van der Waals surface area contributed by atoms with Crippen molar-refractivity contribution in [1.29, 1.82) is 0 Å². The molecule has 2 N–H and O–H groups in total. The maximum Gasteiger partial charge on any atom is 0.0363 e. The van der Waals surface area contributed by atoms with Crippen molar-refractivity contribution in [3.63, 3.8) is 0 Å². The van der Waals surface area contributed by atoms with E-state index in [4.69, 9.17) is 5.73 Å². The van der Waals surface area contributed by atoms with E-state index in [1.165, 1.54) is 15.6 Å². The van der Waals surface area contributed by atoms with E-state index in [9.17, 15) is 0 Å². The van der Waals surface area contributed by atoms with Crippen molar-refractivity contribution in [1.82, 2.24) is 9.80 Å². The SMILES string of the molecule is CN(C)CCN1CCc2c(Br)ccc(N)c2C1. The molecule has 0 saturated heterocycles. The van der Waals surface area contributed by atoms with Gasteiger partial charge < -0.3 is 10.6 Å². The van der Waals surface area contributed by atoms with Gasteiger partial charge in [-0.3, -0.25) is 4.90 Å². The summed E-state index contributed by atoms with van der Waals surface area (Å²) in [6.07, 6.45) is 1.09. The summed E-state index contributed by atoms with van der Waals surface area (Å²) >= 11 is 3.62. The highest BCUT2D eigenvalue weighted by atomic mass is 79.9. The number of halogens is 1. The molecule has 0 atom stereocenters.